The van der Waals surface area contributed by atoms with Gasteiger partial charge in [0.2, 0.25) is 5.91 Å². The number of nitrogens with zero attached hydrogens (tertiary/aromatic N) is 4. The molecule has 4 aromatic rings. The van der Waals surface area contributed by atoms with E-state index < -0.39 is 0 Å². The summed E-state index contributed by atoms with van der Waals surface area (Å²) in [5.41, 5.74) is 2.12. The topological polar surface area (TPSA) is 72.7 Å². The number of nitrogens with one attached hydrogen (secondary N) is 1. The maximum Gasteiger partial charge on any atom is 0.245 e. The fourth-order valence-electron chi connectivity index (χ4n) is 2.83. The summed E-state index contributed by atoms with van der Waals surface area (Å²) >= 11 is 0. The highest BCUT2D eigenvalue weighted by molar-refractivity contribution is 5.93. The van der Waals surface area contributed by atoms with Crippen molar-refractivity contribution in [3.63, 3.8) is 0 Å². The summed E-state index contributed by atoms with van der Waals surface area (Å²) in [7, 11) is 0. The van der Waals surface area contributed by atoms with Crippen molar-refractivity contribution in [1.82, 2.24) is 19.5 Å². The lowest BCUT2D eigenvalue weighted by atomic mass is 10.0. The van der Waals surface area contributed by atoms with E-state index in [1.54, 1.807) is 29.4 Å². The molecule has 0 aliphatic carbocycles. The first kappa shape index (κ1) is 16.0. The van der Waals surface area contributed by atoms with Gasteiger partial charge in [0.05, 0.1) is 0 Å². The number of amides is 1. The Morgan fingerprint density at radius 2 is 1.96 bits per heavy atom. The number of hydrogen-bond donors (Lipinski definition) is 1. The van der Waals surface area contributed by atoms with Crippen molar-refractivity contribution in [3.8, 4) is 11.1 Å². The number of aromatic nitrogens is 4. The zero-order valence-corrected chi connectivity index (χ0v) is 14.3. The minimum Gasteiger partial charge on any atom is -0.326 e. The van der Waals surface area contributed by atoms with Crippen LogP contribution in [0.1, 0.15) is 5.82 Å². The second-order valence-corrected chi connectivity index (χ2v) is 6.02. The molecule has 1 amide bonds. The van der Waals surface area contributed by atoms with Gasteiger partial charge in [-0.25, -0.2) is 9.97 Å². The van der Waals surface area contributed by atoms with Crippen LogP contribution in [0.5, 0.6) is 0 Å². The zero-order valence-electron chi connectivity index (χ0n) is 14.3. The molecule has 0 saturated heterocycles. The number of aryl methyl sites for hydroxylation is 1. The van der Waals surface area contributed by atoms with Gasteiger partial charge in [0.1, 0.15) is 18.2 Å². The predicted molar refractivity (Wildman–Crippen MR) is 101 cm³/mol. The van der Waals surface area contributed by atoms with Crippen molar-refractivity contribution in [3.05, 3.63) is 73.2 Å². The van der Waals surface area contributed by atoms with E-state index in [9.17, 15) is 4.79 Å². The standard InChI is InChI=1S/C20H17N5O/c1-14-22-7-8-25(14)13-20(26)24-19-10-18-9-15(4-5-17(18)12-23-19)16-3-2-6-21-11-16/h2-12H,13H2,1H3,(H,23,24,26). The molecule has 6 heteroatoms. The number of carbonyl (C=O) groups excluding carboxylic acids is 1. The Kier molecular flexibility index (Phi) is 4.15. The van der Waals surface area contributed by atoms with Crippen molar-refractivity contribution in [2.24, 2.45) is 0 Å². The normalized spacial score (nSPS) is 10.8. The lowest BCUT2D eigenvalue weighted by molar-refractivity contribution is -0.116. The van der Waals surface area contributed by atoms with Gasteiger partial charge in [-0.15, -0.1) is 0 Å². The molecule has 0 saturated carbocycles. The average molecular weight is 343 g/mol. The molecule has 3 aromatic heterocycles. The monoisotopic (exact) mass is 343 g/mol. The van der Waals surface area contributed by atoms with E-state index in [-0.39, 0.29) is 12.5 Å². The second-order valence-electron chi connectivity index (χ2n) is 6.02. The third-order valence-corrected chi connectivity index (χ3v) is 4.22. The smallest absolute Gasteiger partial charge is 0.245 e. The molecule has 128 valence electrons. The molecule has 3 heterocycles. The van der Waals surface area contributed by atoms with Crippen molar-refractivity contribution in [2.45, 2.75) is 13.5 Å². The Balaban J connectivity index is 1.58. The van der Waals surface area contributed by atoms with Crippen molar-refractivity contribution < 1.29 is 4.79 Å². The summed E-state index contributed by atoms with van der Waals surface area (Å²) in [5.74, 6) is 1.19. The molecular formula is C20H17N5O. The van der Waals surface area contributed by atoms with Crippen LogP contribution in [0.4, 0.5) is 5.82 Å². The molecule has 6 nitrogen and oxygen atoms in total. The first-order valence-electron chi connectivity index (χ1n) is 8.27. The summed E-state index contributed by atoms with van der Waals surface area (Å²) in [6.07, 6.45) is 8.81. The molecule has 0 spiro atoms. The largest absolute Gasteiger partial charge is 0.326 e. The second kappa shape index (κ2) is 6.76. The van der Waals surface area contributed by atoms with Crippen LogP contribution >= 0.6 is 0 Å². The van der Waals surface area contributed by atoms with Crippen LogP contribution in [0, 0.1) is 6.92 Å². The first-order chi connectivity index (χ1) is 12.7. The van der Waals surface area contributed by atoms with E-state index in [1.807, 2.05) is 43.5 Å². The average Bonchev–Trinajstić information content (AvgIpc) is 3.06. The quantitative estimate of drug-likeness (QED) is 0.616. The Bertz CT molecular complexity index is 1070. The van der Waals surface area contributed by atoms with Gasteiger partial charge in [-0.2, -0.15) is 0 Å². The highest BCUT2D eigenvalue weighted by Crippen LogP contribution is 2.24. The SMILES string of the molecule is Cc1nccn1CC(=O)Nc1cc2cc(-c3cccnc3)ccc2cn1. The third kappa shape index (κ3) is 3.30. The molecule has 0 aliphatic heterocycles. The minimum atomic E-state index is -0.138. The Morgan fingerprint density at radius 3 is 2.73 bits per heavy atom. The number of pyridine rings is 2. The lowest BCUT2D eigenvalue weighted by Gasteiger charge is -2.08. The van der Waals surface area contributed by atoms with Crippen LogP contribution in [-0.2, 0) is 11.3 Å². The maximum absolute atomic E-state index is 12.2. The fraction of sp³-hybridized carbons (Fsp3) is 0.100. The number of fused-ring (bicyclic) bond motifs is 1. The first-order valence-corrected chi connectivity index (χ1v) is 8.27. The molecule has 0 fully saturated rings. The summed E-state index contributed by atoms with van der Waals surface area (Å²) in [6, 6.07) is 11.9. The maximum atomic E-state index is 12.2. The Hall–Kier alpha value is -3.54. The van der Waals surface area contributed by atoms with Crippen LogP contribution in [0.3, 0.4) is 0 Å². The summed E-state index contributed by atoms with van der Waals surface area (Å²) in [6.45, 7) is 2.07. The molecule has 0 unspecified atom stereocenters. The summed E-state index contributed by atoms with van der Waals surface area (Å²) < 4.78 is 1.79. The van der Waals surface area contributed by atoms with E-state index in [1.165, 1.54) is 0 Å². The van der Waals surface area contributed by atoms with Crippen LogP contribution < -0.4 is 5.32 Å². The van der Waals surface area contributed by atoms with Crippen LogP contribution in [0.2, 0.25) is 0 Å². The van der Waals surface area contributed by atoms with Gasteiger partial charge < -0.3 is 9.88 Å². The molecule has 1 aromatic carbocycles. The van der Waals surface area contributed by atoms with Crippen LogP contribution in [0.25, 0.3) is 21.9 Å². The van der Waals surface area contributed by atoms with E-state index in [0.717, 1.165) is 27.7 Å². The van der Waals surface area contributed by atoms with Crippen molar-refractivity contribution in [1.29, 1.82) is 0 Å². The van der Waals surface area contributed by atoms with E-state index in [4.69, 9.17) is 0 Å². The van der Waals surface area contributed by atoms with Gasteiger partial charge >= 0.3 is 0 Å². The fourth-order valence-corrected chi connectivity index (χ4v) is 2.83. The van der Waals surface area contributed by atoms with E-state index in [0.29, 0.717) is 5.82 Å². The predicted octanol–water partition coefficient (Wildman–Crippen LogP) is 3.44. The van der Waals surface area contributed by atoms with Gasteiger partial charge in [-0.1, -0.05) is 18.2 Å². The van der Waals surface area contributed by atoms with Crippen molar-refractivity contribution >= 4 is 22.5 Å². The molecule has 1 N–H and O–H groups in total. The van der Waals surface area contributed by atoms with Crippen LogP contribution in [-0.4, -0.2) is 25.4 Å². The Morgan fingerprint density at radius 1 is 1.04 bits per heavy atom. The van der Waals surface area contributed by atoms with Gasteiger partial charge in [0.25, 0.3) is 0 Å². The molecule has 4 rings (SSSR count). The molecule has 0 radical (unpaired) electrons. The van der Waals surface area contributed by atoms with E-state index in [2.05, 4.69) is 26.3 Å². The highest BCUT2D eigenvalue weighted by Gasteiger charge is 2.07. The summed E-state index contributed by atoms with van der Waals surface area (Å²) in [5, 5.41) is 4.87. The zero-order chi connectivity index (χ0) is 17.9. The molecule has 0 atom stereocenters. The lowest BCUT2D eigenvalue weighted by Crippen LogP contribution is -2.19. The number of carbonyl (C=O) groups is 1. The van der Waals surface area contributed by atoms with Gasteiger partial charge in [-0.3, -0.25) is 9.78 Å². The van der Waals surface area contributed by atoms with Gasteiger partial charge in [0.15, 0.2) is 0 Å². The molecule has 0 bridgehead atoms. The molecular weight excluding hydrogens is 326 g/mol. The number of hydrogen-bond acceptors (Lipinski definition) is 4. The van der Waals surface area contributed by atoms with Gasteiger partial charge in [0, 0.05) is 41.9 Å². The van der Waals surface area contributed by atoms with E-state index >= 15 is 0 Å². The molecule has 26 heavy (non-hydrogen) atoms. The number of rotatable bonds is 4. The number of anilines is 1. The molecule has 0 aliphatic rings. The van der Waals surface area contributed by atoms with Crippen molar-refractivity contribution in [2.75, 3.05) is 5.32 Å². The highest BCUT2D eigenvalue weighted by atomic mass is 16.2. The summed E-state index contributed by atoms with van der Waals surface area (Å²) in [4.78, 5) is 24.9. The third-order valence-electron chi connectivity index (χ3n) is 4.22. The minimum absolute atomic E-state index is 0.138. The number of benzene rings is 1. The number of imidazole rings is 1. The van der Waals surface area contributed by atoms with Crippen LogP contribution in [0.15, 0.2) is 67.4 Å². The Labute approximate surface area is 150 Å². The van der Waals surface area contributed by atoms with Gasteiger partial charge in [-0.05, 0) is 36.1 Å².